The number of hydrogen-bond donors (Lipinski definition) is 3. The van der Waals surface area contributed by atoms with Gasteiger partial charge in [-0.1, -0.05) is 44.2 Å². The van der Waals surface area contributed by atoms with Crippen molar-refractivity contribution in [2.24, 2.45) is 11.7 Å². The fraction of sp³-hybridized carbons (Fsp3) is 0.238. The molecule has 0 saturated carbocycles. The van der Waals surface area contributed by atoms with Crippen LogP contribution in [0.25, 0.3) is 11.1 Å². The molecule has 0 aliphatic carbocycles. The minimum absolute atomic E-state index is 0.0609. The molecule has 5 nitrogen and oxygen atoms in total. The van der Waals surface area contributed by atoms with Gasteiger partial charge in [0.1, 0.15) is 5.60 Å². The first kappa shape index (κ1) is 17.9. The normalized spacial score (nSPS) is 13.6. The first-order chi connectivity index (χ1) is 12.3. The second-order valence-electron chi connectivity index (χ2n) is 6.85. The van der Waals surface area contributed by atoms with Gasteiger partial charge >= 0.3 is 0 Å². The predicted molar refractivity (Wildman–Crippen MR) is 102 cm³/mol. The molecule has 3 rings (SSSR count). The van der Waals surface area contributed by atoms with Crippen molar-refractivity contribution in [1.82, 2.24) is 9.97 Å². The highest BCUT2D eigenvalue weighted by atomic mass is 16.3. The van der Waals surface area contributed by atoms with Crippen LogP contribution in [0.4, 0.5) is 0 Å². The number of rotatable bonds is 5. The Morgan fingerprint density at radius 1 is 1.23 bits per heavy atom. The lowest BCUT2D eigenvalue weighted by Crippen LogP contribution is -2.34. The fourth-order valence-electron chi connectivity index (χ4n) is 3.31. The van der Waals surface area contributed by atoms with Crippen molar-refractivity contribution in [1.29, 1.82) is 0 Å². The average Bonchev–Trinajstić information content (AvgIpc) is 3.15. The van der Waals surface area contributed by atoms with Crippen LogP contribution in [0.2, 0.25) is 0 Å². The van der Waals surface area contributed by atoms with E-state index in [0.29, 0.717) is 11.3 Å². The number of amides is 1. The molecular formula is C21H23N3O2. The first-order valence-electron chi connectivity index (χ1n) is 8.57. The minimum atomic E-state index is -1.18. The lowest BCUT2D eigenvalue weighted by molar-refractivity contribution is 0.0279. The Hall–Kier alpha value is -2.92. The fourth-order valence-corrected chi connectivity index (χ4v) is 3.31. The summed E-state index contributed by atoms with van der Waals surface area (Å²) in [6, 6.07) is 13.1. The molecule has 0 saturated heterocycles. The number of imidazole rings is 1. The Bertz CT molecular complexity index is 932. The van der Waals surface area contributed by atoms with Gasteiger partial charge in [-0.25, -0.2) is 4.98 Å². The Balaban J connectivity index is 2.07. The Labute approximate surface area is 152 Å². The standard InChI is InChI=1S/C21H23N3O2/c1-13(2)21(26,19-11-23-12-24-19)17-7-8-18(14(3)9-17)15-5-4-6-16(10-15)20(22)25/h4-13,26H,1-3H3,(H2,22,25)(H,23,24). The van der Waals surface area contributed by atoms with Crippen molar-refractivity contribution in [3.05, 3.63) is 77.4 Å². The van der Waals surface area contributed by atoms with Gasteiger partial charge in [-0.3, -0.25) is 4.79 Å². The lowest BCUT2D eigenvalue weighted by Gasteiger charge is -2.31. The molecule has 5 heteroatoms. The van der Waals surface area contributed by atoms with Gasteiger partial charge in [-0.15, -0.1) is 0 Å². The molecule has 1 aromatic heterocycles. The van der Waals surface area contributed by atoms with Crippen molar-refractivity contribution < 1.29 is 9.90 Å². The van der Waals surface area contributed by atoms with E-state index in [0.717, 1.165) is 22.3 Å². The van der Waals surface area contributed by atoms with Crippen LogP contribution in [0.3, 0.4) is 0 Å². The zero-order valence-corrected chi connectivity index (χ0v) is 15.2. The molecular weight excluding hydrogens is 326 g/mol. The summed E-state index contributed by atoms with van der Waals surface area (Å²) >= 11 is 0. The molecule has 0 aliphatic heterocycles. The summed E-state index contributed by atoms with van der Waals surface area (Å²) < 4.78 is 0. The van der Waals surface area contributed by atoms with Gasteiger partial charge in [0.25, 0.3) is 0 Å². The van der Waals surface area contributed by atoms with Gasteiger partial charge in [0, 0.05) is 11.8 Å². The molecule has 0 aliphatic rings. The molecule has 1 unspecified atom stereocenters. The number of carbonyl (C=O) groups is 1. The lowest BCUT2D eigenvalue weighted by atomic mass is 9.79. The number of benzene rings is 2. The van der Waals surface area contributed by atoms with Crippen LogP contribution in [-0.4, -0.2) is 21.0 Å². The van der Waals surface area contributed by atoms with E-state index >= 15 is 0 Å². The molecule has 26 heavy (non-hydrogen) atoms. The molecule has 134 valence electrons. The molecule has 4 N–H and O–H groups in total. The number of nitrogens with zero attached hydrogens (tertiary/aromatic N) is 1. The highest BCUT2D eigenvalue weighted by Gasteiger charge is 2.37. The maximum atomic E-state index is 11.4. The molecule has 0 fully saturated rings. The third-order valence-electron chi connectivity index (χ3n) is 4.85. The van der Waals surface area contributed by atoms with Crippen molar-refractivity contribution in [3.8, 4) is 11.1 Å². The molecule has 1 heterocycles. The molecule has 1 atom stereocenters. The number of primary amides is 1. The summed E-state index contributed by atoms with van der Waals surface area (Å²) in [6.45, 7) is 5.92. The van der Waals surface area contributed by atoms with E-state index in [2.05, 4.69) is 9.97 Å². The second-order valence-corrected chi connectivity index (χ2v) is 6.85. The highest BCUT2D eigenvalue weighted by molar-refractivity contribution is 5.94. The summed E-state index contributed by atoms with van der Waals surface area (Å²) in [5.74, 6) is -0.511. The van der Waals surface area contributed by atoms with Crippen LogP contribution in [0.1, 0.15) is 41.0 Å². The average molecular weight is 349 g/mol. The SMILES string of the molecule is Cc1cc(C(O)(c2c[nH]cn2)C(C)C)ccc1-c1cccc(C(N)=O)c1. The Morgan fingerprint density at radius 2 is 2.00 bits per heavy atom. The van der Waals surface area contributed by atoms with Crippen LogP contribution in [-0.2, 0) is 5.60 Å². The molecule has 2 aromatic carbocycles. The van der Waals surface area contributed by atoms with Crippen molar-refractivity contribution in [2.45, 2.75) is 26.4 Å². The van der Waals surface area contributed by atoms with E-state index in [1.54, 1.807) is 24.7 Å². The number of nitrogens with two attached hydrogens (primary N) is 1. The number of hydrogen-bond acceptors (Lipinski definition) is 3. The zero-order valence-electron chi connectivity index (χ0n) is 15.2. The quantitative estimate of drug-likeness (QED) is 0.659. The monoisotopic (exact) mass is 349 g/mol. The van der Waals surface area contributed by atoms with Gasteiger partial charge < -0.3 is 15.8 Å². The van der Waals surface area contributed by atoms with Crippen molar-refractivity contribution in [2.75, 3.05) is 0 Å². The predicted octanol–water partition coefficient (Wildman–Crippen LogP) is 3.38. The number of aromatic nitrogens is 2. The summed E-state index contributed by atoms with van der Waals surface area (Å²) in [6.07, 6.45) is 3.29. The number of H-pyrrole nitrogens is 1. The number of aliphatic hydroxyl groups is 1. The molecule has 0 spiro atoms. The van der Waals surface area contributed by atoms with Crippen LogP contribution >= 0.6 is 0 Å². The summed E-state index contributed by atoms with van der Waals surface area (Å²) in [5.41, 5.74) is 8.96. The molecule has 3 aromatic rings. The number of nitrogens with one attached hydrogen (secondary N) is 1. The Morgan fingerprint density at radius 3 is 2.58 bits per heavy atom. The number of aryl methyl sites for hydroxylation is 1. The maximum absolute atomic E-state index is 11.4. The van der Waals surface area contributed by atoms with Gasteiger partial charge in [-0.2, -0.15) is 0 Å². The van der Waals surface area contributed by atoms with Gasteiger partial charge in [0.2, 0.25) is 5.91 Å². The summed E-state index contributed by atoms with van der Waals surface area (Å²) in [4.78, 5) is 18.6. The largest absolute Gasteiger partial charge is 0.378 e. The third kappa shape index (κ3) is 3.02. The van der Waals surface area contributed by atoms with E-state index in [-0.39, 0.29) is 5.92 Å². The summed E-state index contributed by atoms with van der Waals surface area (Å²) in [7, 11) is 0. The van der Waals surface area contributed by atoms with Gasteiger partial charge in [-0.05, 0) is 47.2 Å². The first-order valence-corrected chi connectivity index (χ1v) is 8.57. The molecule has 0 radical (unpaired) electrons. The van der Waals surface area contributed by atoms with E-state index in [1.807, 2.05) is 51.1 Å². The maximum Gasteiger partial charge on any atom is 0.248 e. The van der Waals surface area contributed by atoms with Crippen LogP contribution in [0.15, 0.2) is 55.0 Å². The van der Waals surface area contributed by atoms with Gasteiger partial charge in [0.15, 0.2) is 0 Å². The van der Waals surface area contributed by atoms with Crippen LogP contribution in [0.5, 0.6) is 0 Å². The smallest absolute Gasteiger partial charge is 0.248 e. The zero-order chi connectivity index (χ0) is 18.9. The highest BCUT2D eigenvalue weighted by Crippen LogP contribution is 2.37. The van der Waals surface area contributed by atoms with Crippen molar-refractivity contribution >= 4 is 5.91 Å². The van der Waals surface area contributed by atoms with E-state index in [4.69, 9.17) is 5.73 Å². The number of aromatic amines is 1. The van der Waals surface area contributed by atoms with Gasteiger partial charge in [0.05, 0.1) is 12.0 Å². The van der Waals surface area contributed by atoms with Crippen LogP contribution in [0, 0.1) is 12.8 Å². The number of carbonyl (C=O) groups excluding carboxylic acids is 1. The molecule has 0 bridgehead atoms. The van der Waals surface area contributed by atoms with Crippen molar-refractivity contribution in [3.63, 3.8) is 0 Å². The minimum Gasteiger partial charge on any atom is -0.378 e. The van der Waals surface area contributed by atoms with Crippen LogP contribution < -0.4 is 5.73 Å². The summed E-state index contributed by atoms with van der Waals surface area (Å²) in [5, 5.41) is 11.4. The topological polar surface area (TPSA) is 92.0 Å². The second kappa shape index (κ2) is 6.77. The van der Waals surface area contributed by atoms with E-state index in [1.165, 1.54) is 0 Å². The Kier molecular flexibility index (Phi) is 4.66. The molecule has 1 amide bonds. The third-order valence-corrected chi connectivity index (χ3v) is 4.85. The van der Waals surface area contributed by atoms with E-state index in [9.17, 15) is 9.90 Å². The van der Waals surface area contributed by atoms with E-state index < -0.39 is 11.5 Å².